The average Bonchev–Trinajstić information content (AvgIpc) is 3.01. The number of nitrogens with zero attached hydrogens (tertiary/aromatic N) is 4. The highest BCUT2D eigenvalue weighted by atomic mass is 32.1. The lowest BCUT2D eigenvalue weighted by molar-refractivity contribution is 0.208. The van der Waals surface area contributed by atoms with Crippen molar-refractivity contribution in [1.82, 2.24) is 14.9 Å². The molecular formula is C13H15N5OS. The third-order valence-corrected chi connectivity index (χ3v) is 3.87. The molecule has 0 aromatic carbocycles. The zero-order valence-electron chi connectivity index (χ0n) is 10.9. The van der Waals surface area contributed by atoms with Gasteiger partial charge in [-0.25, -0.2) is 14.8 Å². The molecule has 6 nitrogen and oxygen atoms in total. The Kier molecular flexibility index (Phi) is 3.78. The molecule has 1 saturated heterocycles. The number of aromatic nitrogens is 2. The number of rotatable bonds is 2. The van der Waals surface area contributed by atoms with Gasteiger partial charge < -0.3 is 9.80 Å². The number of thiazole rings is 1. The molecule has 1 fully saturated rings. The first-order valence-corrected chi connectivity index (χ1v) is 7.32. The van der Waals surface area contributed by atoms with Gasteiger partial charge in [-0.15, -0.1) is 11.3 Å². The second-order valence-electron chi connectivity index (χ2n) is 4.43. The van der Waals surface area contributed by atoms with Gasteiger partial charge in [0, 0.05) is 44.0 Å². The van der Waals surface area contributed by atoms with E-state index in [1.807, 2.05) is 23.6 Å². The first-order chi connectivity index (χ1) is 9.83. The third kappa shape index (κ3) is 2.88. The average molecular weight is 289 g/mol. The smallest absolute Gasteiger partial charge is 0.323 e. The molecule has 0 aliphatic carbocycles. The lowest BCUT2D eigenvalue weighted by Gasteiger charge is -2.35. The highest BCUT2D eigenvalue weighted by molar-refractivity contribution is 7.13. The maximum atomic E-state index is 12.1. The van der Waals surface area contributed by atoms with Crippen LogP contribution in [0.4, 0.5) is 15.7 Å². The Hall–Kier alpha value is -2.15. The fraction of sp³-hybridized carbons (Fsp3) is 0.308. The molecule has 1 aliphatic rings. The van der Waals surface area contributed by atoms with Gasteiger partial charge in [-0.05, 0) is 12.1 Å². The highest BCUT2D eigenvalue weighted by Gasteiger charge is 2.22. The van der Waals surface area contributed by atoms with E-state index >= 15 is 0 Å². The van der Waals surface area contributed by atoms with Gasteiger partial charge in [0.25, 0.3) is 0 Å². The molecule has 104 valence electrons. The lowest BCUT2D eigenvalue weighted by Crippen LogP contribution is -2.50. The van der Waals surface area contributed by atoms with Gasteiger partial charge in [-0.1, -0.05) is 6.07 Å². The number of nitrogens with one attached hydrogen (secondary N) is 1. The SMILES string of the molecule is O=C(Nc1nccs1)N1CCN(c2ccccn2)CC1. The Morgan fingerprint density at radius 2 is 2.00 bits per heavy atom. The van der Waals surface area contributed by atoms with Crippen molar-refractivity contribution >= 4 is 28.3 Å². The van der Waals surface area contributed by atoms with Crippen LogP contribution in [0.15, 0.2) is 36.0 Å². The molecule has 2 aromatic rings. The Labute approximate surface area is 121 Å². The number of carbonyl (C=O) groups is 1. The number of urea groups is 1. The summed E-state index contributed by atoms with van der Waals surface area (Å²) in [5.74, 6) is 0.965. The van der Waals surface area contributed by atoms with Gasteiger partial charge in [0.15, 0.2) is 5.13 Å². The monoisotopic (exact) mass is 289 g/mol. The second kappa shape index (κ2) is 5.87. The van der Waals surface area contributed by atoms with Crippen molar-refractivity contribution in [3.63, 3.8) is 0 Å². The molecule has 0 saturated carbocycles. The Balaban J connectivity index is 1.54. The predicted molar refractivity (Wildman–Crippen MR) is 79.2 cm³/mol. The molecule has 1 N–H and O–H groups in total. The van der Waals surface area contributed by atoms with E-state index in [-0.39, 0.29) is 6.03 Å². The summed E-state index contributed by atoms with van der Waals surface area (Å²) in [5.41, 5.74) is 0. The van der Waals surface area contributed by atoms with Gasteiger partial charge in [-0.3, -0.25) is 5.32 Å². The van der Waals surface area contributed by atoms with E-state index in [0.717, 1.165) is 18.9 Å². The van der Waals surface area contributed by atoms with E-state index in [4.69, 9.17) is 0 Å². The first-order valence-electron chi connectivity index (χ1n) is 6.44. The zero-order chi connectivity index (χ0) is 13.8. The van der Waals surface area contributed by atoms with E-state index < -0.39 is 0 Å². The minimum absolute atomic E-state index is 0.0828. The summed E-state index contributed by atoms with van der Waals surface area (Å²) in [4.78, 5) is 24.4. The number of piperazine rings is 1. The number of carbonyl (C=O) groups excluding carboxylic acids is 1. The molecule has 0 radical (unpaired) electrons. The molecule has 3 heterocycles. The fourth-order valence-electron chi connectivity index (χ4n) is 2.14. The van der Waals surface area contributed by atoms with Crippen LogP contribution in [0.3, 0.4) is 0 Å². The van der Waals surface area contributed by atoms with Crippen LogP contribution in [0.5, 0.6) is 0 Å². The van der Waals surface area contributed by atoms with Crippen molar-refractivity contribution < 1.29 is 4.79 Å². The van der Waals surface area contributed by atoms with Gasteiger partial charge in [-0.2, -0.15) is 0 Å². The van der Waals surface area contributed by atoms with Crippen LogP contribution in [-0.4, -0.2) is 47.1 Å². The molecule has 20 heavy (non-hydrogen) atoms. The summed E-state index contributed by atoms with van der Waals surface area (Å²) in [6.45, 7) is 2.96. The molecule has 0 spiro atoms. The maximum absolute atomic E-state index is 12.1. The zero-order valence-corrected chi connectivity index (χ0v) is 11.7. The summed E-state index contributed by atoms with van der Waals surface area (Å²) < 4.78 is 0. The standard InChI is InChI=1S/C13H15N5OS/c19-13(16-12-15-5-10-20-12)18-8-6-17(7-9-18)11-3-1-2-4-14-11/h1-5,10H,6-9H2,(H,15,16,19). The number of amides is 2. The molecular weight excluding hydrogens is 274 g/mol. The summed E-state index contributed by atoms with van der Waals surface area (Å²) >= 11 is 1.42. The number of pyridine rings is 1. The van der Waals surface area contributed by atoms with E-state index in [1.54, 1.807) is 17.3 Å². The largest absolute Gasteiger partial charge is 0.353 e. The molecule has 0 bridgehead atoms. The summed E-state index contributed by atoms with van der Waals surface area (Å²) in [5, 5.41) is 5.29. The van der Waals surface area contributed by atoms with Crippen molar-refractivity contribution in [2.75, 3.05) is 36.4 Å². The molecule has 2 aromatic heterocycles. The summed E-state index contributed by atoms with van der Waals surface area (Å²) in [7, 11) is 0. The molecule has 7 heteroatoms. The van der Waals surface area contributed by atoms with Crippen LogP contribution >= 0.6 is 11.3 Å². The van der Waals surface area contributed by atoms with E-state index in [2.05, 4.69) is 20.2 Å². The number of hydrogen-bond acceptors (Lipinski definition) is 5. The molecule has 2 amide bonds. The van der Waals surface area contributed by atoms with Crippen LogP contribution in [0.25, 0.3) is 0 Å². The lowest BCUT2D eigenvalue weighted by atomic mass is 10.3. The summed E-state index contributed by atoms with van der Waals surface area (Å²) in [6, 6.07) is 5.79. The first kappa shape index (κ1) is 12.9. The van der Waals surface area contributed by atoms with Gasteiger partial charge in [0.2, 0.25) is 0 Å². The van der Waals surface area contributed by atoms with Gasteiger partial charge in [0.05, 0.1) is 0 Å². The molecule has 0 unspecified atom stereocenters. The van der Waals surface area contributed by atoms with E-state index in [1.165, 1.54) is 11.3 Å². The normalized spacial score (nSPS) is 15.2. The van der Waals surface area contributed by atoms with Crippen molar-refractivity contribution in [2.24, 2.45) is 0 Å². The van der Waals surface area contributed by atoms with Gasteiger partial charge >= 0.3 is 6.03 Å². The van der Waals surface area contributed by atoms with Crippen LogP contribution in [0, 0.1) is 0 Å². The quantitative estimate of drug-likeness (QED) is 0.917. The second-order valence-corrected chi connectivity index (χ2v) is 5.32. The van der Waals surface area contributed by atoms with E-state index in [0.29, 0.717) is 18.2 Å². The molecule has 0 atom stereocenters. The Bertz CT molecular complexity index is 551. The fourth-order valence-corrected chi connectivity index (χ4v) is 2.65. The number of hydrogen-bond donors (Lipinski definition) is 1. The van der Waals surface area contributed by atoms with Crippen LogP contribution in [0.1, 0.15) is 0 Å². The van der Waals surface area contributed by atoms with E-state index in [9.17, 15) is 4.79 Å². The Morgan fingerprint density at radius 3 is 2.65 bits per heavy atom. The molecule has 3 rings (SSSR count). The van der Waals surface area contributed by atoms with Crippen molar-refractivity contribution in [1.29, 1.82) is 0 Å². The molecule has 1 aliphatic heterocycles. The minimum Gasteiger partial charge on any atom is -0.353 e. The van der Waals surface area contributed by atoms with Crippen LogP contribution in [-0.2, 0) is 0 Å². The topological polar surface area (TPSA) is 61.4 Å². The summed E-state index contributed by atoms with van der Waals surface area (Å²) in [6.07, 6.45) is 3.47. The van der Waals surface area contributed by atoms with Crippen LogP contribution < -0.4 is 10.2 Å². The third-order valence-electron chi connectivity index (χ3n) is 3.19. The van der Waals surface area contributed by atoms with Crippen molar-refractivity contribution in [3.05, 3.63) is 36.0 Å². The minimum atomic E-state index is -0.0828. The number of anilines is 2. The van der Waals surface area contributed by atoms with Gasteiger partial charge in [0.1, 0.15) is 5.82 Å². The van der Waals surface area contributed by atoms with Crippen molar-refractivity contribution in [3.8, 4) is 0 Å². The Morgan fingerprint density at radius 1 is 1.15 bits per heavy atom. The maximum Gasteiger partial charge on any atom is 0.323 e. The highest BCUT2D eigenvalue weighted by Crippen LogP contribution is 2.15. The predicted octanol–water partition coefficient (Wildman–Crippen LogP) is 1.89. The van der Waals surface area contributed by atoms with Crippen LogP contribution in [0.2, 0.25) is 0 Å². The van der Waals surface area contributed by atoms with Crippen molar-refractivity contribution in [2.45, 2.75) is 0 Å².